The van der Waals surface area contributed by atoms with Crippen LogP contribution >= 0.6 is 0 Å². The van der Waals surface area contributed by atoms with Crippen molar-refractivity contribution in [1.29, 1.82) is 0 Å². The number of carbonyl (C=O) groups excluding carboxylic acids is 2. The van der Waals surface area contributed by atoms with E-state index in [1.165, 1.54) is 32.2 Å². The number of amides is 2. The topological polar surface area (TPSA) is 123 Å². The monoisotopic (exact) mass is 775 g/mol. The van der Waals surface area contributed by atoms with Gasteiger partial charge in [0.25, 0.3) is 11.8 Å². The minimum atomic E-state index is -0.146. The maximum atomic E-state index is 12.5. The molecule has 2 heterocycles. The quantitative estimate of drug-likeness (QED) is 0.112. The number of carbonyl (C=O) groups is 2. The maximum absolute atomic E-state index is 12.5. The number of nitrogens with one attached hydrogen (secondary N) is 2. The van der Waals surface area contributed by atoms with Gasteiger partial charge in [-0.15, -0.1) is 0 Å². The Bertz CT molecular complexity index is 1870. The molecule has 0 aliphatic carbocycles. The fourth-order valence-electron chi connectivity index (χ4n) is 7.87. The SMILES string of the molecule is CC(C)CN1CCC(N(C)c2ccc(C(=O)Nc3ccccc3N)cc2)CC1.CN(c1ccc(C(=O)Nc2ccccc2N)cc1)C1CCN(CC(C)(C)C)CC1. The van der Waals surface area contributed by atoms with E-state index in [0.29, 0.717) is 51.4 Å². The number of anilines is 6. The normalized spacial score (nSPS) is 15.7. The van der Waals surface area contributed by atoms with Crippen LogP contribution in [0.1, 0.15) is 81.0 Å². The molecule has 0 spiro atoms. The number of hydrogen-bond acceptors (Lipinski definition) is 8. The molecular formula is C47H66N8O2. The Morgan fingerprint density at radius 2 is 1.00 bits per heavy atom. The van der Waals surface area contributed by atoms with E-state index in [-0.39, 0.29) is 11.8 Å². The fraction of sp³-hybridized carbons (Fsp3) is 0.447. The van der Waals surface area contributed by atoms with Crippen molar-refractivity contribution in [1.82, 2.24) is 9.80 Å². The highest BCUT2D eigenvalue weighted by Crippen LogP contribution is 2.27. The predicted octanol–water partition coefficient (Wildman–Crippen LogP) is 8.55. The van der Waals surface area contributed by atoms with Crippen molar-refractivity contribution in [3.8, 4) is 0 Å². The summed E-state index contributed by atoms with van der Waals surface area (Å²) in [4.78, 5) is 34.8. The van der Waals surface area contributed by atoms with Crippen LogP contribution in [-0.2, 0) is 0 Å². The predicted molar refractivity (Wildman–Crippen MR) is 241 cm³/mol. The Hall–Kier alpha value is -5.06. The zero-order valence-corrected chi connectivity index (χ0v) is 35.3. The van der Waals surface area contributed by atoms with Crippen LogP contribution in [0.3, 0.4) is 0 Å². The first-order valence-electron chi connectivity index (χ1n) is 20.6. The number of hydrogen-bond donors (Lipinski definition) is 4. The lowest BCUT2D eigenvalue weighted by Crippen LogP contribution is -2.45. The minimum absolute atomic E-state index is 0.144. The first kappa shape index (κ1) is 43.1. The summed E-state index contributed by atoms with van der Waals surface area (Å²) in [5, 5.41) is 5.75. The third-order valence-electron chi connectivity index (χ3n) is 11.0. The molecule has 0 radical (unpaired) electrons. The average Bonchev–Trinajstić information content (AvgIpc) is 3.19. The molecule has 6 N–H and O–H groups in total. The fourth-order valence-corrected chi connectivity index (χ4v) is 7.87. The van der Waals surface area contributed by atoms with Crippen LogP contribution in [0, 0.1) is 11.3 Å². The summed E-state index contributed by atoms with van der Waals surface area (Å²) >= 11 is 0. The van der Waals surface area contributed by atoms with Crippen LogP contribution in [0.4, 0.5) is 34.1 Å². The van der Waals surface area contributed by atoms with Gasteiger partial charge in [-0.2, -0.15) is 0 Å². The summed E-state index contributed by atoms with van der Waals surface area (Å²) < 4.78 is 0. The molecule has 0 atom stereocenters. The number of para-hydroxylation sites is 4. The lowest BCUT2D eigenvalue weighted by molar-refractivity contribution is 0.101. The van der Waals surface area contributed by atoms with Gasteiger partial charge in [0.05, 0.1) is 22.7 Å². The highest BCUT2D eigenvalue weighted by molar-refractivity contribution is 6.06. The van der Waals surface area contributed by atoms with Crippen molar-refractivity contribution in [3.63, 3.8) is 0 Å². The van der Waals surface area contributed by atoms with Gasteiger partial charge >= 0.3 is 0 Å². The molecule has 4 aromatic rings. The Morgan fingerprint density at radius 1 is 0.632 bits per heavy atom. The van der Waals surface area contributed by atoms with E-state index in [4.69, 9.17) is 11.5 Å². The van der Waals surface area contributed by atoms with Crippen molar-refractivity contribution in [2.24, 2.45) is 11.3 Å². The Kier molecular flexibility index (Phi) is 15.0. The second-order valence-corrected chi connectivity index (χ2v) is 17.4. The molecule has 4 aromatic carbocycles. The van der Waals surface area contributed by atoms with E-state index in [0.717, 1.165) is 50.0 Å². The Labute approximate surface area is 341 Å². The zero-order chi connectivity index (χ0) is 41.1. The van der Waals surface area contributed by atoms with E-state index >= 15 is 0 Å². The Balaban J connectivity index is 0.000000218. The largest absolute Gasteiger partial charge is 0.397 e. The van der Waals surface area contributed by atoms with Gasteiger partial charge in [-0.25, -0.2) is 0 Å². The van der Waals surface area contributed by atoms with Crippen molar-refractivity contribution in [3.05, 3.63) is 108 Å². The van der Waals surface area contributed by atoms with Crippen molar-refractivity contribution in [2.75, 3.05) is 85.3 Å². The van der Waals surface area contributed by atoms with Crippen LogP contribution in [0.5, 0.6) is 0 Å². The summed E-state index contributed by atoms with van der Waals surface area (Å²) in [6.07, 6.45) is 4.70. The number of benzene rings is 4. The van der Waals surface area contributed by atoms with Gasteiger partial charge in [-0.3, -0.25) is 9.59 Å². The van der Waals surface area contributed by atoms with Crippen LogP contribution in [0.15, 0.2) is 97.1 Å². The molecule has 10 nitrogen and oxygen atoms in total. The summed E-state index contributed by atoms with van der Waals surface area (Å²) in [7, 11) is 4.31. The first-order chi connectivity index (χ1) is 27.2. The third-order valence-corrected chi connectivity index (χ3v) is 11.0. The molecule has 0 unspecified atom stereocenters. The highest BCUT2D eigenvalue weighted by atomic mass is 16.2. The molecule has 57 heavy (non-hydrogen) atoms. The standard InChI is InChI=1S/C24H34N4O.C23H32N4O/c1-24(2,3)17-28-15-13-20(14-16-28)27(4)19-11-9-18(10-12-19)23(29)26-22-8-6-5-7-21(22)25;1-17(2)16-27-14-12-20(13-15-27)26(3)19-10-8-18(9-11-19)23(28)25-22-7-5-4-6-21(22)24/h5-12,20H,13-17,25H2,1-4H3,(H,26,29);4-11,17,20H,12-16,24H2,1-3H3,(H,25,28). The van der Waals surface area contributed by atoms with Gasteiger partial charge < -0.3 is 41.7 Å². The molecule has 0 bridgehead atoms. The smallest absolute Gasteiger partial charge is 0.255 e. The van der Waals surface area contributed by atoms with E-state index in [9.17, 15) is 9.59 Å². The number of likely N-dealkylation sites (tertiary alicyclic amines) is 2. The summed E-state index contributed by atoms with van der Waals surface area (Å²) in [5.41, 5.74) is 18.1. The number of nitrogens with zero attached hydrogens (tertiary/aromatic N) is 4. The van der Waals surface area contributed by atoms with Crippen molar-refractivity contribution >= 4 is 45.9 Å². The van der Waals surface area contributed by atoms with Gasteiger partial charge in [0.2, 0.25) is 0 Å². The maximum Gasteiger partial charge on any atom is 0.255 e. The molecular weight excluding hydrogens is 709 g/mol. The lowest BCUT2D eigenvalue weighted by Gasteiger charge is -2.40. The summed E-state index contributed by atoms with van der Waals surface area (Å²) in [5.74, 6) is 0.431. The molecule has 2 amide bonds. The molecule has 0 aromatic heterocycles. The van der Waals surface area contributed by atoms with Gasteiger partial charge in [0.1, 0.15) is 0 Å². The van der Waals surface area contributed by atoms with Gasteiger partial charge in [0.15, 0.2) is 0 Å². The lowest BCUT2D eigenvalue weighted by atomic mass is 9.94. The highest BCUT2D eigenvalue weighted by Gasteiger charge is 2.26. The van der Waals surface area contributed by atoms with E-state index in [2.05, 4.69) is 78.9 Å². The minimum Gasteiger partial charge on any atom is -0.397 e. The number of nitrogen functional groups attached to an aromatic ring is 2. The molecule has 306 valence electrons. The summed E-state index contributed by atoms with van der Waals surface area (Å²) in [6, 6.07) is 31.3. The number of piperidine rings is 2. The van der Waals surface area contributed by atoms with Gasteiger partial charge in [-0.1, -0.05) is 58.9 Å². The molecule has 2 saturated heterocycles. The third kappa shape index (κ3) is 12.7. The molecule has 0 saturated carbocycles. The van der Waals surface area contributed by atoms with E-state index in [1.54, 1.807) is 24.3 Å². The number of rotatable bonds is 11. The van der Waals surface area contributed by atoms with Crippen LogP contribution in [-0.4, -0.2) is 87.1 Å². The van der Waals surface area contributed by atoms with Crippen LogP contribution < -0.4 is 31.9 Å². The van der Waals surface area contributed by atoms with Gasteiger partial charge in [-0.05, 0) is 110 Å². The van der Waals surface area contributed by atoms with E-state index < -0.39 is 0 Å². The molecule has 2 aliphatic heterocycles. The Morgan fingerprint density at radius 3 is 1.35 bits per heavy atom. The van der Waals surface area contributed by atoms with Crippen molar-refractivity contribution in [2.45, 2.75) is 72.4 Å². The first-order valence-corrected chi connectivity index (χ1v) is 20.6. The van der Waals surface area contributed by atoms with Crippen molar-refractivity contribution < 1.29 is 9.59 Å². The second kappa shape index (κ2) is 19.9. The van der Waals surface area contributed by atoms with E-state index in [1.807, 2.05) is 72.8 Å². The molecule has 6 rings (SSSR count). The van der Waals surface area contributed by atoms with Crippen LogP contribution in [0.25, 0.3) is 0 Å². The van der Waals surface area contributed by atoms with Crippen LogP contribution in [0.2, 0.25) is 0 Å². The summed E-state index contributed by atoms with van der Waals surface area (Å²) in [6.45, 7) is 18.4. The zero-order valence-electron chi connectivity index (χ0n) is 35.3. The molecule has 2 aliphatic rings. The van der Waals surface area contributed by atoms with Gasteiger partial charge in [0, 0.05) is 87.9 Å². The second-order valence-electron chi connectivity index (χ2n) is 17.4. The molecule has 2 fully saturated rings. The molecule has 10 heteroatoms. The average molecular weight is 775 g/mol. The number of nitrogens with two attached hydrogens (primary N) is 2.